The molecular formula is C13H18N2OS. The highest BCUT2D eigenvalue weighted by Gasteiger charge is 2.09. The van der Waals surface area contributed by atoms with E-state index < -0.39 is 0 Å². The highest BCUT2D eigenvalue weighted by atomic mass is 32.1. The highest BCUT2D eigenvalue weighted by molar-refractivity contribution is 7.80. The minimum absolute atomic E-state index is 0.163. The smallest absolute Gasteiger partial charge is 0.257 e. The number of thiocarbonyl (C=S) groups is 1. The second-order valence-corrected chi connectivity index (χ2v) is 4.78. The van der Waals surface area contributed by atoms with Crippen molar-refractivity contribution in [3.05, 3.63) is 35.4 Å². The quantitative estimate of drug-likeness (QED) is 0.809. The summed E-state index contributed by atoms with van der Waals surface area (Å²) in [7, 11) is 0. The SMILES string of the molecule is Cc1ccccc1C(=O)NC(=S)NCC(C)C. The van der Waals surface area contributed by atoms with Crippen LogP contribution >= 0.6 is 12.2 Å². The molecule has 0 aliphatic carbocycles. The standard InChI is InChI=1S/C13H18N2OS/c1-9(2)8-14-13(17)15-12(16)11-7-5-4-6-10(11)3/h4-7,9H,8H2,1-3H3,(H2,14,15,16,17). The van der Waals surface area contributed by atoms with Crippen molar-refractivity contribution >= 4 is 23.2 Å². The van der Waals surface area contributed by atoms with Gasteiger partial charge in [0.1, 0.15) is 0 Å². The van der Waals surface area contributed by atoms with Gasteiger partial charge in [-0.3, -0.25) is 10.1 Å². The fourth-order valence-corrected chi connectivity index (χ4v) is 1.52. The molecule has 0 atom stereocenters. The van der Waals surface area contributed by atoms with E-state index in [0.717, 1.165) is 12.1 Å². The van der Waals surface area contributed by atoms with Crippen LogP contribution in [0, 0.1) is 12.8 Å². The van der Waals surface area contributed by atoms with Crippen molar-refractivity contribution < 1.29 is 4.79 Å². The van der Waals surface area contributed by atoms with Crippen LogP contribution in [0.5, 0.6) is 0 Å². The molecule has 1 rings (SSSR count). The third kappa shape index (κ3) is 4.53. The monoisotopic (exact) mass is 250 g/mol. The zero-order chi connectivity index (χ0) is 12.8. The zero-order valence-corrected chi connectivity index (χ0v) is 11.2. The van der Waals surface area contributed by atoms with E-state index in [-0.39, 0.29) is 5.91 Å². The second-order valence-electron chi connectivity index (χ2n) is 4.37. The summed E-state index contributed by atoms with van der Waals surface area (Å²) in [4.78, 5) is 11.9. The summed E-state index contributed by atoms with van der Waals surface area (Å²) in [5, 5.41) is 6.06. The number of nitrogens with one attached hydrogen (secondary N) is 2. The van der Waals surface area contributed by atoms with Crippen LogP contribution in [-0.4, -0.2) is 17.6 Å². The molecular weight excluding hydrogens is 232 g/mol. The number of carbonyl (C=O) groups is 1. The van der Waals surface area contributed by atoms with Gasteiger partial charge in [0.25, 0.3) is 5.91 Å². The molecule has 0 aliphatic rings. The Bertz CT molecular complexity index is 416. The lowest BCUT2D eigenvalue weighted by Crippen LogP contribution is -2.40. The van der Waals surface area contributed by atoms with Crippen LogP contribution in [0.15, 0.2) is 24.3 Å². The van der Waals surface area contributed by atoms with Gasteiger partial charge in [0.2, 0.25) is 0 Å². The predicted molar refractivity (Wildman–Crippen MR) is 74.1 cm³/mol. The van der Waals surface area contributed by atoms with E-state index in [2.05, 4.69) is 24.5 Å². The first-order valence-electron chi connectivity index (χ1n) is 5.65. The average molecular weight is 250 g/mol. The van der Waals surface area contributed by atoms with Gasteiger partial charge in [0.05, 0.1) is 0 Å². The van der Waals surface area contributed by atoms with Gasteiger partial charge in [0, 0.05) is 12.1 Å². The third-order valence-electron chi connectivity index (χ3n) is 2.29. The molecule has 0 fully saturated rings. The largest absolute Gasteiger partial charge is 0.362 e. The van der Waals surface area contributed by atoms with Gasteiger partial charge in [0.15, 0.2) is 5.11 Å². The van der Waals surface area contributed by atoms with Gasteiger partial charge in [-0.05, 0) is 36.7 Å². The number of aryl methyl sites for hydroxylation is 1. The van der Waals surface area contributed by atoms with Crippen molar-refractivity contribution in [2.75, 3.05) is 6.54 Å². The predicted octanol–water partition coefficient (Wildman–Crippen LogP) is 2.26. The first-order chi connectivity index (χ1) is 8.00. The highest BCUT2D eigenvalue weighted by Crippen LogP contribution is 2.06. The molecule has 1 amide bonds. The van der Waals surface area contributed by atoms with Crippen LogP contribution in [0.1, 0.15) is 29.8 Å². The Morgan fingerprint density at radius 1 is 1.35 bits per heavy atom. The Morgan fingerprint density at radius 3 is 2.59 bits per heavy atom. The second kappa shape index (κ2) is 6.35. The molecule has 0 unspecified atom stereocenters. The molecule has 2 N–H and O–H groups in total. The fourth-order valence-electron chi connectivity index (χ4n) is 1.34. The van der Waals surface area contributed by atoms with Crippen LogP contribution in [0.2, 0.25) is 0 Å². The molecule has 0 spiro atoms. The molecule has 92 valence electrons. The van der Waals surface area contributed by atoms with E-state index in [1.807, 2.05) is 25.1 Å². The van der Waals surface area contributed by atoms with Gasteiger partial charge in [-0.2, -0.15) is 0 Å². The van der Waals surface area contributed by atoms with Gasteiger partial charge < -0.3 is 5.32 Å². The van der Waals surface area contributed by atoms with Crippen LogP contribution in [0.3, 0.4) is 0 Å². The number of benzene rings is 1. The van der Waals surface area contributed by atoms with E-state index in [1.165, 1.54) is 0 Å². The molecule has 0 aromatic heterocycles. The first kappa shape index (κ1) is 13.6. The molecule has 3 nitrogen and oxygen atoms in total. The summed E-state index contributed by atoms with van der Waals surface area (Å²) >= 11 is 5.05. The summed E-state index contributed by atoms with van der Waals surface area (Å²) in [6.07, 6.45) is 0. The van der Waals surface area contributed by atoms with Crippen molar-refractivity contribution in [3.8, 4) is 0 Å². The van der Waals surface area contributed by atoms with Crippen LogP contribution in [0.4, 0.5) is 0 Å². The molecule has 0 saturated carbocycles. The fraction of sp³-hybridized carbons (Fsp3) is 0.385. The number of rotatable bonds is 3. The minimum atomic E-state index is -0.163. The zero-order valence-electron chi connectivity index (χ0n) is 10.4. The summed E-state index contributed by atoms with van der Waals surface area (Å²) in [5.74, 6) is 0.327. The molecule has 0 radical (unpaired) electrons. The van der Waals surface area contributed by atoms with E-state index in [4.69, 9.17) is 12.2 Å². The van der Waals surface area contributed by atoms with E-state index in [0.29, 0.717) is 16.6 Å². The van der Waals surface area contributed by atoms with Crippen LogP contribution in [0.25, 0.3) is 0 Å². The minimum Gasteiger partial charge on any atom is -0.362 e. The lowest BCUT2D eigenvalue weighted by molar-refractivity contribution is 0.0976. The van der Waals surface area contributed by atoms with Crippen molar-refractivity contribution in [1.29, 1.82) is 0 Å². The third-order valence-corrected chi connectivity index (χ3v) is 2.53. The van der Waals surface area contributed by atoms with Gasteiger partial charge in [-0.15, -0.1) is 0 Å². The van der Waals surface area contributed by atoms with Crippen molar-refractivity contribution in [1.82, 2.24) is 10.6 Å². The maximum Gasteiger partial charge on any atom is 0.257 e. The Labute approximate surface area is 108 Å². The van der Waals surface area contributed by atoms with E-state index in [1.54, 1.807) is 6.07 Å². The maximum atomic E-state index is 11.9. The van der Waals surface area contributed by atoms with Gasteiger partial charge in [-0.1, -0.05) is 32.0 Å². The topological polar surface area (TPSA) is 41.1 Å². The Kier molecular flexibility index (Phi) is 5.10. The molecule has 17 heavy (non-hydrogen) atoms. The molecule has 0 bridgehead atoms. The average Bonchev–Trinajstić information content (AvgIpc) is 2.26. The molecule has 4 heteroatoms. The molecule has 1 aromatic rings. The van der Waals surface area contributed by atoms with Crippen LogP contribution in [-0.2, 0) is 0 Å². The molecule has 0 aliphatic heterocycles. The van der Waals surface area contributed by atoms with Gasteiger partial charge >= 0.3 is 0 Å². The summed E-state index contributed by atoms with van der Waals surface area (Å²) in [5.41, 5.74) is 1.60. The number of amides is 1. The molecule has 1 aromatic carbocycles. The Hall–Kier alpha value is -1.42. The normalized spacial score (nSPS) is 10.1. The molecule has 0 heterocycles. The summed E-state index contributed by atoms with van der Waals surface area (Å²) in [6.45, 7) is 6.82. The Balaban J connectivity index is 2.55. The van der Waals surface area contributed by atoms with Crippen molar-refractivity contribution in [2.45, 2.75) is 20.8 Å². The number of hydrogen-bond donors (Lipinski definition) is 2. The van der Waals surface area contributed by atoms with Crippen molar-refractivity contribution in [2.24, 2.45) is 5.92 Å². The first-order valence-corrected chi connectivity index (χ1v) is 6.06. The molecule has 0 saturated heterocycles. The Morgan fingerprint density at radius 2 is 2.00 bits per heavy atom. The lowest BCUT2D eigenvalue weighted by atomic mass is 10.1. The van der Waals surface area contributed by atoms with E-state index in [9.17, 15) is 4.79 Å². The summed E-state index contributed by atoms with van der Waals surface area (Å²) in [6, 6.07) is 7.43. The maximum absolute atomic E-state index is 11.9. The van der Waals surface area contributed by atoms with Gasteiger partial charge in [-0.25, -0.2) is 0 Å². The summed E-state index contributed by atoms with van der Waals surface area (Å²) < 4.78 is 0. The number of carbonyl (C=O) groups excluding carboxylic acids is 1. The van der Waals surface area contributed by atoms with E-state index >= 15 is 0 Å². The lowest BCUT2D eigenvalue weighted by Gasteiger charge is -2.12. The van der Waals surface area contributed by atoms with Crippen molar-refractivity contribution in [3.63, 3.8) is 0 Å². The number of hydrogen-bond acceptors (Lipinski definition) is 2. The van der Waals surface area contributed by atoms with Crippen LogP contribution < -0.4 is 10.6 Å².